The molecule has 3 aliphatic heterocycles. The lowest BCUT2D eigenvalue weighted by molar-refractivity contribution is 0.0335. The molecule has 0 saturated carbocycles. The highest BCUT2D eigenvalue weighted by atomic mass is 19.1. The van der Waals surface area contributed by atoms with Crippen LogP contribution in [0.15, 0.2) is 24.3 Å². The van der Waals surface area contributed by atoms with E-state index in [0.717, 1.165) is 50.9 Å². The largest absolute Gasteiger partial charge is 0.508 e. The lowest BCUT2D eigenvalue weighted by Crippen LogP contribution is -2.51. The van der Waals surface area contributed by atoms with Gasteiger partial charge in [0.2, 0.25) is 5.95 Å². The highest BCUT2D eigenvalue weighted by Crippen LogP contribution is 2.30. The second kappa shape index (κ2) is 10.7. The Balaban J connectivity index is 1.28. The molecule has 3 aromatic rings. The van der Waals surface area contributed by atoms with E-state index >= 15 is 0 Å². The van der Waals surface area contributed by atoms with Crippen molar-refractivity contribution in [2.45, 2.75) is 50.6 Å². The lowest BCUT2D eigenvalue weighted by Gasteiger charge is -2.33. The Labute approximate surface area is 221 Å². The van der Waals surface area contributed by atoms with E-state index in [9.17, 15) is 9.50 Å². The van der Waals surface area contributed by atoms with Gasteiger partial charge in [0.15, 0.2) is 0 Å². The van der Waals surface area contributed by atoms with Crippen molar-refractivity contribution in [2.75, 3.05) is 37.8 Å². The monoisotopic (exact) mass is 517 g/mol. The number of anilines is 1. The Bertz CT molecular complexity index is 1360. The van der Waals surface area contributed by atoms with Crippen LogP contribution in [0.5, 0.6) is 11.8 Å². The van der Waals surface area contributed by atoms with E-state index in [-0.39, 0.29) is 11.3 Å². The van der Waals surface area contributed by atoms with Gasteiger partial charge >= 0.3 is 6.01 Å². The van der Waals surface area contributed by atoms with Crippen LogP contribution in [-0.2, 0) is 17.6 Å². The Morgan fingerprint density at radius 1 is 1.13 bits per heavy atom. The number of halogens is 1. The fourth-order valence-electron chi connectivity index (χ4n) is 5.89. The predicted molar refractivity (Wildman–Crippen MR) is 142 cm³/mol. The maximum absolute atomic E-state index is 14.5. The minimum Gasteiger partial charge on any atom is -0.508 e. The molecule has 198 valence electrons. The van der Waals surface area contributed by atoms with Gasteiger partial charge in [0, 0.05) is 49.5 Å². The number of phenols is 1. The van der Waals surface area contributed by atoms with Gasteiger partial charge in [0.25, 0.3) is 0 Å². The molecular formula is C29H32FN5O3. The van der Waals surface area contributed by atoms with Crippen LogP contribution in [0.3, 0.4) is 0 Å². The first-order valence-corrected chi connectivity index (χ1v) is 13.4. The molecule has 0 amide bonds. The predicted octanol–water partition coefficient (Wildman–Crippen LogP) is 3.38. The number of aromatic hydroxyl groups is 1. The average molecular weight is 518 g/mol. The Morgan fingerprint density at radius 2 is 1.97 bits per heavy atom. The second-order valence-corrected chi connectivity index (χ2v) is 10.5. The summed E-state index contributed by atoms with van der Waals surface area (Å²) in [5.41, 5.74) is 0.945. The van der Waals surface area contributed by atoms with Crippen molar-refractivity contribution >= 4 is 16.7 Å². The van der Waals surface area contributed by atoms with Crippen molar-refractivity contribution in [3.63, 3.8) is 0 Å². The third-order valence-corrected chi connectivity index (χ3v) is 7.75. The Hall–Kier alpha value is -3.48. The molecule has 3 fully saturated rings. The average Bonchev–Trinajstić information content (AvgIpc) is 3.28. The van der Waals surface area contributed by atoms with Gasteiger partial charge in [0.1, 0.15) is 17.4 Å². The number of terminal acetylenes is 1. The number of hydrogen-bond donors (Lipinski definition) is 2. The van der Waals surface area contributed by atoms with Gasteiger partial charge in [-0.1, -0.05) is 12.0 Å². The van der Waals surface area contributed by atoms with Crippen molar-refractivity contribution in [3.8, 4) is 24.1 Å². The molecule has 2 N–H and O–H groups in total. The standard InChI is InChI=1S/C29H32FN5O3/c1-2-24-25(30)9-5-19-12-23(36)13-20(27(19)24)6-10-26-32-28(35-14-21-7-8-22(15-35)31-21)34-29(33-26)38-17-18-4-3-11-37-16-18/h1,5,9,12-13,18,21-22,31,36H,3-4,6-8,10-11,14-17H2/t18-,21-,22+/m1/s1. The maximum Gasteiger partial charge on any atom is 0.321 e. The van der Waals surface area contributed by atoms with Crippen LogP contribution in [0.4, 0.5) is 10.3 Å². The van der Waals surface area contributed by atoms with Gasteiger partial charge in [-0.3, -0.25) is 0 Å². The highest BCUT2D eigenvalue weighted by molar-refractivity contribution is 5.92. The van der Waals surface area contributed by atoms with Gasteiger partial charge in [0.05, 0.1) is 18.8 Å². The van der Waals surface area contributed by atoms with Crippen LogP contribution in [-0.4, -0.2) is 65.1 Å². The molecule has 0 spiro atoms. The molecule has 6 rings (SSSR count). The fraction of sp³-hybridized carbons (Fsp3) is 0.483. The molecule has 3 aliphatic rings. The highest BCUT2D eigenvalue weighted by Gasteiger charge is 2.33. The summed E-state index contributed by atoms with van der Waals surface area (Å²) in [5, 5.41) is 15.3. The molecule has 0 unspecified atom stereocenters. The van der Waals surface area contributed by atoms with Gasteiger partial charge in [-0.2, -0.15) is 15.0 Å². The zero-order valence-electron chi connectivity index (χ0n) is 21.3. The van der Waals surface area contributed by atoms with Crippen molar-refractivity contribution in [1.82, 2.24) is 20.3 Å². The first-order valence-electron chi connectivity index (χ1n) is 13.4. The van der Waals surface area contributed by atoms with Gasteiger partial charge in [-0.15, -0.1) is 6.42 Å². The molecule has 9 heteroatoms. The third kappa shape index (κ3) is 5.24. The van der Waals surface area contributed by atoms with Gasteiger partial charge < -0.3 is 24.8 Å². The smallest absolute Gasteiger partial charge is 0.321 e. The minimum absolute atomic E-state index is 0.105. The molecule has 3 atom stereocenters. The molecule has 2 bridgehead atoms. The molecule has 2 aromatic carbocycles. The molecule has 0 radical (unpaired) electrons. The quantitative estimate of drug-likeness (QED) is 0.461. The zero-order valence-corrected chi connectivity index (χ0v) is 21.3. The number of phenolic OH excluding ortho intramolecular Hbond substituents is 1. The van der Waals surface area contributed by atoms with Crippen LogP contribution in [0.25, 0.3) is 10.8 Å². The van der Waals surface area contributed by atoms with Crippen LogP contribution in [0, 0.1) is 24.1 Å². The summed E-state index contributed by atoms with van der Waals surface area (Å²) in [5.74, 6) is 3.66. The topological polar surface area (TPSA) is 92.6 Å². The van der Waals surface area contributed by atoms with Crippen LogP contribution < -0.4 is 15.0 Å². The molecule has 8 nitrogen and oxygen atoms in total. The SMILES string of the molecule is C#Cc1c(F)ccc2cc(O)cc(CCc3nc(OC[C@@H]4CCCOC4)nc(N4C[C@H]5CC[C@@H](C4)N5)n3)c12. The van der Waals surface area contributed by atoms with E-state index in [1.165, 1.54) is 6.07 Å². The van der Waals surface area contributed by atoms with Crippen molar-refractivity contribution in [2.24, 2.45) is 5.92 Å². The number of rotatable bonds is 7. The van der Waals surface area contributed by atoms with Crippen molar-refractivity contribution < 1.29 is 19.0 Å². The number of aromatic nitrogens is 3. The molecule has 1 aromatic heterocycles. The van der Waals surface area contributed by atoms with Crippen molar-refractivity contribution in [3.05, 3.63) is 47.0 Å². The summed E-state index contributed by atoms with van der Waals surface area (Å²) in [7, 11) is 0. The summed E-state index contributed by atoms with van der Waals surface area (Å²) in [6.07, 6.45) is 11.0. The number of aryl methyl sites for hydroxylation is 2. The zero-order chi connectivity index (χ0) is 26.1. The summed E-state index contributed by atoms with van der Waals surface area (Å²) in [6.45, 7) is 3.68. The van der Waals surface area contributed by atoms with E-state index in [1.807, 2.05) is 0 Å². The normalized spacial score (nSPS) is 22.9. The van der Waals surface area contributed by atoms with Gasteiger partial charge in [-0.05, 0) is 61.3 Å². The summed E-state index contributed by atoms with van der Waals surface area (Å²) >= 11 is 0. The van der Waals surface area contributed by atoms with Crippen LogP contribution in [0.2, 0.25) is 0 Å². The minimum atomic E-state index is -0.454. The second-order valence-electron chi connectivity index (χ2n) is 10.5. The number of piperazine rings is 1. The summed E-state index contributed by atoms with van der Waals surface area (Å²) < 4.78 is 26.2. The number of fused-ring (bicyclic) bond motifs is 3. The van der Waals surface area contributed by atoms with Crippen molar-refractivity contribution in [1.29, 1.82) is 0 Å². The fourth-order valence-corrected chi connectivity index (χ4v) is 5.89. The van der Waals surface area contributed by atoms with Gasteiger partial charge in [-0.25, -0.2) is 4.39 Å². The lowest BCUT2D eigenvalue weighted by atomic mass is 9.95. The summed E-state index contributed by atoms with van der Waals surface area (Å²) in [4.78, 5) is 16.4. The first kappa shape index (κ1) is 24.8. The van der Waals surface area contributed by atoms with E-state index in [0.29, 0.717) is 72.6 Å². The molecular weight excluding hydrogens is 485 g/mol. The molecule has 0 aliphatic carbocycles. The number of benzene rings is 2. The van der Waals surface area contributed by atoms with Crippen LogP contribution in [0.1, 0.15) is 42.6 Å². The Morgan fingerprint density at radius 3 is 2.74 bits per heavy atom. The number of hydrogen-bond acceptors (Lipinski definition) is 8. The molecule has 3 saturated heterocycles. The molecule has 38 heavy (non-hydrogen) atoms. The van der Waals surface area contributed by atoms with E-state index in [2.05, 4.69) is 21.1 Å². The number of nitrogens with one attached hydrogen (secondary N) is 1. The maximum atomic E-state index is 14.5. The summed E-state index contributed by atoms with van der Waals surface area (Å²) in [6, 6.07) is 7.40. The molecule has 4 heterocycles. The third-order valence-electron chi connectivity index (χ3n) is 7.75. The Kier molecular flexibility index (Phi) is 7.00. The van der Waals surface area contributed by atoms with E-state index in [1.54, 1.807) is 18.2 Å². The van der Waals surface area contributed by atoms with Crippen LogP contribution >= 0.6 is 0 Å². The number of nitrogens with zero attached hydrogens (tertiary/aromatic N) is 4. The first-order chi connectivity index (χ1) is 18.6. The number of ether oxygens (including phenoxy) is 2. The van der Waals surface area contributed by atoms with E-state index < -0.39 is 5.82 Å². The van der Waals surface area contributed by atoms with E-state index in [4.69, 9.17) is 25.9 Å².